The monoisotopic (exact) mass is 900 g/mol. The number of fused-ring (bicyclic) bond motifs is 5. The van der Waals surface area contributed by atoms with Crippen LogP contribution in [0, 0.1) is 0 Å². The van der Waals surface area contributed by atoms with Crippen molar-refractivity contribution in [3.8, 4) is 22.3 Å². The Kier molecular flexibility index (Phi) is 10.2. The zero-order valence-electron chi connectivity index (χ0n) is 31.0. The Morgan fingerprint density at radius 3 is 1.32 bits per heavy atom. The molecule has 4 atom stereocenters. The molecule has 10 rings (SSSR count). The van der Waals surface area contributed by atoms with Crippen molar-refractivity contribution in [2.75, 3.05) is 0 Å². The normalized spacial score (nSPS) is 23.7. The first-order valence-electron chi connectivity index (χ1n) is 19.9. The molecule has 0 amide bonds. The minimum atomic E-state index is -3.30. The molecule has 0 nitrogen and oxygen atoms in total. The van der Waals surface area contributed by atoms with Crippen LogP contribution in [0.2, 0.25) is 7.35 Å². The van der Waals surface area contributed by atoms with Crippen molar-refractivity contribution >= 4 is 58.5 Å². The van der Waals surface area contributed by atoms with E-state index in [0.717, 1.165) is 7.35 Å². The topological polar surface area (TPSA) is 0 Å². The average Bonchev–Trinajstić information content (AvgIpc) is 3.44. The molecule has 1 saturated heterocycles. The molecule has 0 bridgehead atoms. The van der Waals surface area contributed by atoms with Crippen molar-refractivity contribution in [1.29, 1.82) is 0 Å². The average molecular weight is 900 g/mol. The molecular weight excluding hydrogens is 850 g/mol. The summed E-state index contributed by atoms with van der Waals surface area (Å²) >= 11 is -3.30. The van der Waals surface area contributed by atoms with Crippen LogP contribution in [0.3, 0.4) is 0 Å². The van der Waals surface area contributed by atoms with E-state index in [4.69, 9.17) is 0 Å². The first kappa shape index (κ1) is 36.7. The summed E-state index contributed by atoms with van der Waals surface area (Å²) in [6, 6.07) is 46.7. The smallest absolute Gasteiger partial charge is 0.147 e. The van der Waals surface area contributed by atoms with Gasteiger partial charge in [-0.05, 0) is 0 Å². The summed E-state index contributed by atoms with van der Waals surface area (Å²) in [5.74, 6) is 0. The molecule has 4 aliphatic rings. The van der Waals surface area contributed by atoms with E-state index >= 15 is 0 Å². The van der Waals surface area contributed by atoms with Gasteiger partial charge in [-0.1, -0.05) is 0 Å². The molecule has 3 heteroatoms. The van der Waals surface area contributed by atoms with Crippen molar-refractivity contribution < 1.29 is 20.0 Å². The quantitative estimate of drug-likeness (QED) is 0.134. The number of allylic oxidation sites excluding steroid dienone is 2. The standard InChI is InChI=1S/2C22H19.C6H10.2ClH.Hf/c2*1-2-7-16-14-18-10-6-13-21(22(18)15-16)20-12-5-9-17-8-3-4-11-19(17)20;1-2-4-6-5-3-1;;;/h2*3-6,8-15H,2,7H2,1H3;1-2H,3-6H2;2*1H;. The zero-order chi connectivity index (χ0) is 34.1. The molecule has 0 radical (unpaired) electrons. The van der Waals surface area contributed by atoms with E-state index in [0.29, 0.717) is 7.35 Å². The van der Waals surface area contributed by atoms with Crippen LogP contribution < -0.4 is 0 Å². The molecule has 268 valence electrons. The fourth-order valence-electron chi connectivity index (χ4n) is 11.8. The number of halogens is 2. The number of hydrogen-bond acceptors (Lipinski definition) is 0. The number of rotatable bonds is 8. The number of hydrogen-bond donors (Lipinski definition) is 0. The summed E-state index contributed by atoms with van der Waals surface area (Å²) in [7, 11) is 0. The SMILES string of the molecule is CCCC1=Cc2c(-c3cccc4ccccc34)cccc2[CH]1[Hf]1([CH]2C(CCC)=Cc3c(-c4cccc5ccccc45)cccc32)[CH]2CCCC[CH]21.Cl.Cl. The molecule has 0 spiro atoms. The Labute approximate surface area is 333 Å². The van der Waals surface area contributed by atoms with E-state index in [2.05, 4.69) is 147 Å². The molecule has 2 fully saturated rings. The van der Waals surface area contributed by atoms with Crippen molar-refractivity contribution in [3.05, 3.63) is 155 Å². The summed E-state index contributed by atoms with van der Waals surface area (Å²) in [4.78, 5) is 0. The Hall–Kier alpha value is -3.23. The zero-order valence-corrected chi connectivity index (χ0v) is 36.2. The maximum absolute atomic E-state index is 3.30. The van der Waals surface area contributed by atoms with Crippen molar-refractivity contribution in [3.63, 3.8) is 0 Å². The van der Waals surface area contributed by atoms with E-state index < -0.39 is 20.0 Å². The summed E-state index contributed by atoms with van der Waals surface area (Å²) in [5, 5.41) is 5.42. The maximum atomic E-state index is 2.73. The molecule has 0 N–H and O–H groups in total. The fourth-order valence-corrected chi connectivity index (χ4v) is 47.2. The van der Waals surface area contributed by atoms with Gasteiger partial charge in [-0.25, -0.2) is 0 Å². The van der Waals surface area contributed by atoms with Crippen LogP contribution in [-0.2, 0) is 20.0 Å². The minimum Gasteiger partial charge on any atom is -0.147 e. The van der Waals surface area contributed by atoms with Crippen LogP contribution in [0.5, 0.6) is 0 Å². The molecule has 6 aromatic rings. The van der Waals surface area contributed by atoms with Gasteiger partial charge in [0.15, 0.2) is 0 Å². The first-order valence-corrected chi connectivity index (χ1v) is 28.2. The molecule has 1 heterocycles. The first-order chi connectivity index (χ1) is 25.2. The van der Waals surface area contributed by atoms with Crippen LogP contribution >= 0.6 is 24.8 Å². The Bertz CT molecular complexity index is 2220. The van der Waals surface area contributed by atoms with Crippen molar-refractivity contribution in [2.24, 2.45) is 0 Å². The second kappa shape index (κ2) is 14.8. The van der Waals surface area contributed by atoms with Gasteiger partial charge in [-0.3, -0.25) is 0 Å². The van der Waals surface area contributed by atoms with Gasteiger partial charge in [0.25, 0.3) is 0 Å². The van der Waals surface area contributed by atoms with Crippen LogP contribution in [0.25, 0.3) is 56.0 Å². The molecule has 1 aliphatic heterocycles. The fraction of sp³-hybridized carbons (Fsp3) is 0.280. The molecule has 4 unspecified atom stereocenters. The Morgan fingerprint density at radius 2 is 0.868 bits per heavy atom. The van der Waals surface area contributed by atoms with Crippen LogP contribution in [0.15, 0.2) is 132 Å². The molecule has 1 saturated carbocycles. The van der Waals surface area contributed by atoms with Crippen LogP contribution in [0.4, 0.5) is 0 Å². The second-order valence-electron chi connectivity index (χ2n) is 16.0. The third kappa shape index (κ3) is 5.62. The van der Waals surface area contributed by atoms with Gasteiger partial charge >= 0.3 is 311 Å². The van der Waals surface area contributed by atoms with Crippen LogP contribution in [-0.4, -0.2) is 0 Å². The molecule has 0 aromatic heterocycles. The minimum absolute atomic E-state index is 0. The van der Waals surface area contributed by atoms with Crippen LogP contribution in [0.1, 0.15) is 94.8 Å². The van der Waals surface area contributed by atoms with Gasteiger partial charge in [0, 0.05) is 0 Å². The second-order valence-corrected chi connectivity index (χ2v) is 32.6. The van der Waals surface area contributed by atoms with Gasteiger partial charge in [0.05, 0.1) is 0 Å². The summed E-state index contributed by atoms with van der Waals surface area (Å²) < 4.78 is 3.38. The maximum Gasteiger partial charge on any atom is -0.147 e. The van der Waals surface area contributed by atoms with Crippen molar-refractivity contribution in [2.45, 2.75) is 79.9 Å². The summed E-state index contributed by atoms with van der Waals surface area (Å²) in [6.07, 6.45) is 16.2. The predicted octanol–water partition coefficient (Wildman–Crippen LogP) is 15.7. The van der Waals surface area contributed by atoms with Gasteiger partial charge in [-0.15, -0.1) is 24.8 Å². The van der Waals surface area contributed by atoms with E-state index in [-0.39, 0.29) is 24.8 Å². The Balaban J connectivity index is 0.00000200. The predicted molar refractivity (Wildman–Crippen MR) is 230 cm³/mol. The van der Waals surface area contributed by atoms with Gasteiger partial charge < -0.3 is 0 Å². The molecule has 6 aromatic carbocycles. The summed E-state index contributed by atoms with van der Waals surface area (Å²) in [5.41, 5.74) is 15.8. The van der Waals surface area contributed by atoms with E-state index in [1.807, 2.05) is 0 Å². The third-order valence-corrected chi connectivity index (χ3v) is 38.4. The van der Waals surface area contributed by atoms with Gasteiger partial charge in [-0.2, -0.15) is 0 Å². The molecular formula is C50H50Cl2Hf. The Morgan fingerprint density at radius 1 is 0.472 bits per heavy atom. The van der Waals surface area contributed by atoms with Gasteiger partial charge in [0.1, 0.15) is 0 Å². The molecule has 3 aliphatic carbocycles. The van der Waals surface area contributed by atoms with Crippen molar-refractivity contribution in [1.82, 2.24) is 0 Å². The third-order valence-electron chi connectivity index (χ3n) is 13.5. The van der Waals surface area contributed by atoms with E-state index in [1.54, 1.807) is 33.4 Å². The largest absolute Gasteiger partial charge is 0.147 e. The van der Waals surface area contributed by atoms with E-state index in [9.17, 15) is 0 Å². The van der Waals surface area contributed by atoms with Gasteiger partial charge in [0.2, 0.25) is 0 Å². The van der Waals surface area contributed by atoms with E-state index in [1.165, 1.54) is 95.2 Å². The molecule has 53 heavy (non-hydrogen) atoms. The summed E-state index contributed by atoms with van der Waals surface area (Å²) in [6.45, 7) is 4.83. The number of benzene rings is 6.